The fourth-order valence-corrected chi connectivity index (χ4v) is 1.96. The monoisotopic (exact) mass is 229 g/mol. The maximum Gasteiger partial charge on any atom is 0.189 e. The van der Waals surface area contributed by atoms with E-state index in [1.54, 1.807) is 6.07 Å². The average molecular weight is 229 g/mol. The van der Waals surface area contributed by atoms with Crippen LogP contribution in [0, 0.1) is 0 Å². The summed E-state index contributed by atoms with van der Waals surface area (Å²) in [7, 11) is 0. The zero-order valence-electron chi connectivity index (χ0n) is 10.9. The maximum absolute atomic E-state index is 12.0. The molecule has 17 heavy (non-hydrogen) atoms. The lowest BCUT2D eigenvalue weighted by Crippen LogP contribution is -2.12. The third-order valence-corrected chi connectivity index (χ3v) is 3.13. The number of benzene rings is 1. The van der Waals surface area contributed by atoms with Crippen LogP contribution in [0.25, 0.3) is 10.9 Å². The Kier molecular flexibility index (Phi) is 2.82. The van der Waals surface area contributed by atoms with E-state index in [4.69, 9.17) is 0 Å². The van der Waals surface area contributed by atoms with Crippen LogP contribution in [0.1, 0.15) is 39.0 Å². The standard InChI is InChI=1S/C15H19NO/c1-5-11-9-14(17)12-8-10(15(2,3)4)6-7-13(12)16-11/h6-9H,5H2,1-4H3,(H,16,17). The zero-order valence-corrected chi connectivity index (χ0v) is 10.9. The topological polar surface area (TPSA) is 32.9 Å². The molecule has 0 unspecified atom stereocenters. The Hall–Kier alpha value is -1.57. The lowest BCUT2D eigenvalue weighted by Gasteiger charge is -2.19. The van der Waals surface area contributed by atoms with Crippen molar-refractivity contribution in [2.45, 2.75) is 39.5 Å². The Morgan fingerprint density at radius 3 is 2.47 bits per heavy atom. The first-order chi connectivity index (χ1) is 7.91. The third-order valence-electron chi connectivity index (χ3n) is 3.13. The van der Waals surface area contributed by atoms with E-state index in [1.165, 1.54) is 5.56 Å². The van der Waals surface area contributed by atoms with E-state index in [0.29, 0.717) is 0 Å². The van der Waals surface area contributed by atoms with Crippen molar-refractivity contribution >= 4 is 10.9 Å². The van der Waals surface area contributed by atoms with Crippen LogP contribution in [-0.4, -0.2) is 4.98 Å². The van der Waals surface area contributed by atoms with Crippen molar-refractivity contribution in [1.82, 2.24) is 4.98 Å². The number of H-pyrrole nitrogens is 1. The molecule has 2 nitrogen and oxygen atoms in total. The summed E-state index contributed by atoms with van der Waals surface area (Å²) in [6, 6.07) is 7.82. The molecule has 0 amide bonds. The normalized spacial score (nSPS) is 12.0. The van der Waals surface area contributed by atoms with Crippen molar-refractivity contribution in [1.29, 1.82) is 0 Å². The second-order valence-electron chi connectivity index (χ2n) is 5.52. The molecule has 1 aromatic heterocycles. The molecule has 1 N–H and O–H groups in total. The van der Waals surface area contributed by atoms with Crippen molar-refractivity contribution < 1.29 is 0 Å². The van der Waals surface area contributed by atoms with Crippen LogP contribution >= 0.6 is 0 Å². The lowest BCUT2D eigenvalue weighted by atomic mass is 9.86. The zero-order chi connectivity index (χ0) is 12.6. The van der Waals surface area contributed by atoms with Crippen LogP contribution in [0.4, 0.5) is 0 Å². The second-order valence-corrected chi connectivity index (χ2v) is 5.52. The molecule has 0 radical (unpaired) electrons. The molecule has 90 valence electrons. The number of hydrogen-bond acceptors (Lipinski definition) is 1. The van der Waals surface area contributed by atoms with Gasteiger partial charge in [-0.3, -0.25) is 4.79 Å². The first-order valence-corrected chi connectivity index (χ1v) is 6.08. The van der Waals surface area contributed by atoms with Crippen LogP contribution in [0.2, 0.25) is 0 Å². The summed E-state index contributed by atoms with van der Waals surface area (Å²) in [6.07, 6.45) is 0.853. The van der Waals surface area contributed by atoms with Gasteiger partial charge in [0.2, 0.25) is 0 Å². The van der Waals surface area contributed by atoms with Crippen molar-refractivity contribution in [3.05, 3.63) is 45.7 Å². The summed E-state index contributed by atoms with van der Waals surface area (Å²) in [5.74, 6) is 0. The molecular weight excluding hydrogens is 210 g/mol. The van der Waals surface area contributed by atoms with E-state index in [2.05, 4.69) is 31.8 Å². The van der Waals surface area contributed by atoms with Gasteiger partial charge in [0, 0.05) is 22.7 Å². The summed E-state index contributed by atoms with van der Waals surface area (Å²) in [6.45, 7) is 8.51. The highest BCUT2D eigenvalue weighted by Gasteiger charge is 2.14. The molecule has 0 fully saturated rings. The third kappa shape index (κ3) is 2.26. The van der Waals surface area contributed by atoms with Crippen LogP contribution in [0.3, 0.4) is 0 Å². The SMILES string of the molecule is CCc1cc(=O)c2cc(C(C)(C)C)ccc2[nH]1. The summed E-state index contributed by atoms with van der Waals surface area (Å²) < 4.78 is 0. The molecule has 0 bridgehead atoms. The van der Waals surface area contributed by atoms with E-state index >= 15 is 0 Å². The molecule has 0 atom stereocenters. The van der Waals surface area contributed by atoms with Crippen molar-refractivity contribution in [2.75, 3.05) is 0 Å². The summed E-state index contributed by atoms with van der Waals surface area (Å²) in [5.41, 5.74) is 3.30. The van der Waals surface area contributed by atoms with Crippen molar-refractivity contribution in [3.63, 3.8) is 0 Å². The van der Waals surface area contributed by atoms with Gasteiger partial charge in [0.05, 0.1) is 0 Å². The van der Waals surface area contributed by atoms with Gasteiger partial charge in [0.15, 0.2) is 5.43 Å². The molecule has 0 spiro atoms. The Morgan fingerprint density at radius 2 is 1.88 bits per heavy atom. The first-order valence-electron chi connectivity index (χ1n) is 6.08. The fourth-order valence-electron chi connectivity index (χ4n) is 1.96. The summed E-state index contributed by atoms with van der Waals surface area (Å²) in [4.78, 5) is 15.3. The number of hydrogen-bond donors (Lipinski definition) is 1. The lowest BCUT2D eigenvalue weighted by molar-refractivity contribution is 0.591. The summed E-state index contributed by atoms with van der Waals surface area (Å²) >= 11 is 0. The van der Waals surface area contributed by atoms with Gasteiger partial charge in [0.25, 0.3) is 0 Å². The first kappa shape index (κ1) is 11.9. The van der Waals surface area contributed by atoms with Gasteiger partial charge in [-0.15, -0.1) is 0 Å². The van der Waals surface area contributed by atoms with Gasteiger partial charge in [-0.2, -0.15) is 0 Å². The number of nitrogens with one attached hydrogen (secondary N) is 1. The van der Waals surface area contributed by atoms with Gasteiger partial charge in [-0.25, -0.2) is 0 Å². The largest absolute Gasteiger partial charge is 0.358 e. The van der Waals surface area contributed by atoms with E-state index < -0.39 is 0 Å². The Morgan fingerprint density at radius 1 is 1.18 bits per heavy atom. The predicted octanol–water partition coefficient (Wildman–Crippen LogP) is 3.39. The number of pyridine rings is 1. The van der Waals surface area contributed by atoms with Gasteiger partial charge in [0.1, 0.15) is 0 Å². The van der Waals surface area contributed by atoms with Gasteiger partial charge < -0.3 is 4.98 Å². The van der Waals surface area contributed by atoms with Crippen LogP contribution in [0.15, 0.2) is 29.1 Å². The van der Waals surface area contributed by atoms with E-state index in [-0.39, 0.29) is 10.8 Å². The van der Waals surface area contributed by atoms with Crippen molar-refractivity contribution in [2.24, 2.45) is 0 Å². The second kappa shape index (κ2) is 4.02. The molecule has 0 saturated carbocycles. The smallest absolute Gasteiger partial charge is 0.189 e. The Labute approximate surface area is 102 Å². The van der Waals surface area contributed by atoms with Gasteiger partial charge in [-0.1, -0.05) is 33.8 Å². The number of rotatable bonds is 1. The van der Waals surface area contributed by atoms with Gasteiger partial charge in [-0.05, 0) is 29.5 Å². The van der Waals surface area contributed by atoms with Crippen LogP contribution in [0.5, 0.6) is 0 Å². The fraction of sp³-hybridized carbons (Fsp3) is 0.400. The highest BCUT2D eigenvalue weighted by molar-refractivity contribution is 5.79. The van der Waals surface area contributed by atoms with E-state index in [9.17, 15) is 4.79 Å². The minimum Gasteiger partial charge on any atom is -0.358 e. The van der Waals surface area contributed by atoms with Gasteiger partial charge >= 0.3 is 0 Å². The maximum atomic E-state index is 12.0. The van der Waals surface area contributed by atoms with E-state index in [1.807, 2.05) is 19.1 Å². The number of aromatic nitrogens is 1. The average Bonchev–Trinajstić information content (AvgIpc) is 2.27. The molecule has 2 rings (SSSR count). The Bertz CT molecular complexity index is 602. The highest BCUT2D eigenvalue weighted by atomic mass is 16.1. The minimum atomic E-state index is 0.0735. The number of aromatic amines is 1. The molecule has 0 aliphatic carbocycles. The Balaban J connectivity index is 2.71. The predicted molar refractivity (Wildman–Crippen MR) is 72.6 cm³/mol. The molecule has 2 heteroatoms. The molecular formula is C15H19NO. The summed E-state index contributed by atoms with van der Waals surface area (Å²) in [5, 5.41) is 0.787. The molecule has 1 aromatic carbocycles. The number of fused-ring (bicyclic) bond motifs is 1. The quantitative estimate of drug-likeness (QED) is 0.798. The highest BCUT2D eigenvalue weighted by Crippen LogP contribution is 2.24. The minimum absolute atomic E-state index is 0.0735. The molecule has 2 aromatic rings. The molecule has 1 heterocycles. The molecule has 0 aliphatic heterocycles. The van der Waals surface area contributed by atoms with Crippen LogP contribution < -0.4 is 5.43 Å². The molecule has 0 saturated heterocycles. The van der Waals surface area contributed by atoms with Crippen molar-refractivity contribution in [3.8, 4) is 0 Å². The van der Waals surface area contributed by atoms with E-state index in [0.717, 1.165) is 23.0 Å². The number of aryl methyl sites for hydroxylation is 1. The van der Waals surface area contributed by atoms with Crippen LogP contribution in [-0.2, 0) is 11.8 Å². The molecule has 0 aliphatic rings.